The molecule has 1 rings (SSSR count). The van der Waals surface area contributed by atoms with Crippen LogP contribution in [0.4, 0.5) is 0 Å². The summed E-state index contributed by atoms with van der Waals surface area (Å²) in [5.74, 6) is -1.27. The second-order valence-electron chi connectivity index (χ2n) is 4.14. The fraction of sp³-hybridized carbons (Fsp3) is 0.308. The van der Waals surface area contributed by atoms with Gasteiger partial charge in [0.2, 0.25) is 0 Å². The Hall–Kier alpha value is -0.990. The van der Waals surface area contributed by atoms with Crippen molar-refractivity contribution in [1.82, 2.24) is 0 Å². The quantitative estimate of drug-likeness (QED) is 0.884. The third-order valence-electron chi connectivity index (χ3n) is 2.44. The van der Waals surface area contributed by atoms with E-state index < -0.39 is 11.9 Å². The number of rotatable bonds is 4. The number of carboxylic acids is 1. The Morgan fingerprint density at radius 1 is 1.29 bits per heavy atom. The molecule has 0 saturated carbocycles. The lowest BCUT2D eigenvalue weighted by molar-refractivity contribution is -0.141. The summed E-state index contributed by atoms with van der Waals surface area (Å²) in [6.07, 6.45) is 3.42. The molecule has 0 fully saturated rings. The fourth-order valence-electron chi connectivity index (χ4n) is 1.42. The van der Waals surface area contributed by atoms with Crippen LogP contribution < -0.4 is 0 Å². The Balaban J connectivity index is 2.88. The fourth-order valence-corrected chi connectivity index (χ4v) is 1.73. The molecule has 1 aromatic rings. The summed E-state index contributed by atoms with van der Waals surface area (Å²) in [4.78, 5) is 11.0. The van der Waals surface area contributed by atoms with Crippen molar-refractivity contribution in [3.8, 4) is 0 Å². The number of carbonyl (C=O) groups is 1. The maximum atomic E-state index is 11.0. The summed E-state index contributed by atoms with van der Waals surface area (Å²) < 4.78 is 0. The Labute approximate surface area is 111 Å². The SMILES string of the molecule is CC(C)C(C=Cc1ccc(Cl)c(Cl)c1)C(=O)O. The number of hydrogen-bond donors (Lipinski definition) is 1. The van der Waals surface area contributed by atoms with E-state index in [-0.39, 0.29) is 5.92 Å². The predicted octanol–water partition coefficient (Wildman–Crippen LogP) is 4.36. The molecule has 0 radical (unpaired) electrons. The van der Waals surface area contributed by atoms with Gasteiger partial charge in [0, 0.05) is 0 Å². The van der Waals surface area contributed by atoms with Crippen molar-refractivity contribution in [1.29, 1.82) is 0 Å². The van der Waals surface area contributed by atoms with Crippen molar-refractivity contribution >= 4 is 35.2 Å². The van der Waals surface area contributed by atoms with E-state index >= 15 is 0 Å². The smallest absolute Gasteiger partial charge is 0.310 e. The maximum absolute atomic E-state index is 11.0. The molecule has 17 heavy (non-hydrogen) atoms. The van der Waals surface area contributed by atoms with Gasteiger partial charge >= 0.3 is 5.97 Å². The lowest BCUT2D eigenvalue weighted by atomic mass is 9.95. The first-order valence-corrected chi connectivity index (χ1v) is 6.03. The lowest BCUT2D eigenvalue weighted by Crippen LogP contribution is -2.16. The maximum Gasteiger partial charge on any atom is 0.310 e. The Morgan fingerprint density at radius 2 is 1.94 bits per heavy atom. The first-order chi connectivity index (χ1) is 7.91. The van der Waals surface area contributed by atoms with E-state index in [4.69, 9.17) is 28.3 Å². The van der Waals surface area contributed by atoms with E-state index in [9.17, 15) is 4.79 Å². The van der Waals surface area contributed by atoms with E-state index in [1.807, 2.05) is 13.8 Å². The third-order valence-corrected chi connectivity index (χ3v) is 3.18. The minimum atomic E-state index is -0.823. The van der Waals surface area contributed by atoms with Crippen LogP contribution >= 0.6 is 23.2 Å². The molecule has 0 aromatic heterocycles. The van der Waals surface area contributed by atoms with Crippen molar-refractivity contribution in [2.75, 3.05) is 0 Å². The first-order valence-electron chi connectivity index (χ1n) is 5.28. The average molecular weight is 273 g/mol. The van der Waals surface area contributed by atoms with Gasteiger partial charge in [-0.25, -0.2) is 0 Å². The Bertz CT molecular complexity index is 439. The molecule has 4 heteroatoms. The number of aliphatic carboxylic acids is 1. The van der Waals surface area contributed by atoms with Gasteiger partial charge in [0.25, 0.3) is 0 Å². The zero-order valence-corrected chi connectivity index (χ0v) is 11.2. The summed E-state index contributed by atoms with van der Waals surface area (Å²) in [6.45, 7) is 3.75. The average Bonchev–Trinajstić information content (AvgIpc) is 2.22. The molecule has 0 aliphatic rings. The largest absolute Gasteiger partial charge is 0.481 e. The second-order valence-corrected chi connectivity index (χ2v) is 4.96. The number of halogens is 2. The molecule has 0 heterocycles. The van der Waals surface area contributed by atoms with Gasteiger partial charge in [0.15, 0.2) is 0 Å². The number of carboxylic acid groups (broad SMARTS) is 1. The normalized spacial score (nSPS) is 13.2. The van der Waals surface area contributed by atoms with Crippen LogP contribution in [0.25, 0.3) is 6.08 Å². The van der Waals surface area contributed by atoms with Gasteiger partial charge in [-0.15, -0.1) is 0 Å². The summed E-state index contributed by atoms with van der Waals surface area (Å²) in [5, 5.41) is 9.97. The molecule has 2 nitrogen and oxygen atoms in total. The molecule has 1 atom stereocenters. The standard InChI is InChI=1S/C13H14Cl2O2/c1-8(2)10(13(16)17)5-3-9-4-6-11(14)12(15)7-9/h3-8,10H,1-2H3,(H,16,17). The summed E-state index contributed by atoms with van der Waals surface area (Å²) in [5.41, 5.74) is 0.839. The third kappa shape index (κ3) is 4.06. The van der Waals surface area contributed by atoms with Crippen molar-refractivity contribution in [3.63, 3.8) is 0 Å². The van der Waals surface area contributed by atoms with Gasteiger partial charge in [-0.05, 0) is 23.6 Å². The highest BCUT2D eigenvalue weighted by molar-refractivity contribution is 6.42. The van der Waals surface area contributed by atoms with Gasteiger partial charge in [-0.3, -0.25) is 4.79 Å². The lowest BCUT2D eigenvalue weighted by Gasteiger charge is -2.11. The van der Waals surface area contributed by atoms with Gasteiger partial charge in [0.1, 0.15) is 0 Å². The van der Waals surface area contributed by atoms with E-state index in [0.717, 1.165) is 5.56 Å². The second kappa shape index (κ2) is 6.08. The van der Waals surface area contributed by atoms with E-state index in [1.54, 1.807) is 30.4 Å². The van der Waals surface area contributed by atoms with Crippen molar-refractivity contribution in [2.24, 2.45) is 11.8 Å². The minimum absolute atomic E-state index is 0.0477. The highest BCUT2D eigenvalue weighted by atomic mass is 35.5. The molecule has 0 aliphatic carbocycles. The Morgan fingerprint density at radius 3 is 2.41 bits per heavy atom. The molecule has 1 N–H and O–H groups in total. The van der Waals surface area contributed by atoms with Crippen molar-refractivity contribution < 1.29 is 9.90 Å². The van der Waals surface area contributed by atoms with Crippen LogP contribution in [0.15, 0.2) is 24.3 Å². The van der Waals surface area contributed by atoms with Gasteiger partial charge < -0.3 is 5.11 Å². The monoisotopic (exact) mass is 272 g/mol. The molecule has 1 unspecified atom stereocenters. The molecule has 0 spiro atoms. The van der Waals surface area contributed by atoms with E-state index in [0.29, 0.717) is 10.0 Å². The molecule has 0 saturated heterocycles. The van der Waals surface area contributed by atoms with Crippen molar-refractivity contribution in [2.45, 2.75) is 13.8 Å². The molecule has 0 amide bonds. The van der Waals surface area contributed by atoms with Crippen LogP contribution in [0.1, 0.15) is 19.4 Å². The molecule has 0 bridgehead atoms. The van der Waals surface area contributed by atoms with Crippen LogP contribution in [-0.4, -0.2) is 11.1 Å². The molecule has 0 aliphatic heterocycles. The van der Waals surface area contributed by atoms with Crippen LogP contribution in [0, 0.1) is 11.8 Å². The van der Waals surface area contributed by atoms with E-state index in [2.05, 4.69) is 0 Å². The zero-order valence-electron chi connectivity index (χ0n) is 9.65. The summed E-state index contributed by atoms with van der Waals surface area (Å²) in [7, 11) is 0. The van der Waals surface area contributed by atoms with Crippen LogP contribution in [0.2, 0.25) is 10.0 Å². The van der Waals surface area contributed by atoms with Gasteiger partial charge in [0.05, 0.1) is 16.0 Å². The summed E-state index contributed by atoms with van der Waals surface area (Å²) >= 11 is 11.7. The predicted molar refractivity (Wildman–Crippen MR) is 71.5 cm³/mol. The first kappa shape index (κ1) is 14.1. The zero-order chi connectivity index (χ0) is 13.0. The molecule has 92 valence electrons. The highest BCUT2D eigenvalue weighted by Gasteiger charge is 2.17. The Kier molecular flexibility index (Phi) is 5.03. The van der Waals surface area contributed by atoms with Crippen molar-refractivity contribution in [3.05, 3.63) is 39.9 Å². The van der Waals surface area contributed by atoms with E-state index in [1.165, 1.54) is 0 Å². The van der Waals surface area contributed by atoms with Crippen LogP contribution in [0.3, 0.4) is 0 Å². The molecular weight excluding hydrogens is 259 g/mol. The molecule has 1 aromatic carbocycles. The summed E-state index contributed by atoms with van der Waals surface area (Å²) in [6, 6.07) is 5.19. The van der Waals surface area contributed by atoms with Crippen LogP contribution in [0.5, 0.6) is 0 Å². The van der Waals surface area contributed by atoms with Gasteiger partial charge in [-0.1, -0.05) is 55.3 Å². The van der Waals surface area contributed by atoms with Gasteiger partial charge in [-0.2, -0.15) is 0 Å². The number of benzene rings is 1. The highest BCUT2D eigenvalue weighted by Crippen LogP contribution is 2.24. The number of hydrogen-bond acceptors (Lipinski definition) is 1. The molecular formula is C13H14Cl2O2. The minimum Gasteiger partial charge on any atom is -0.481 e. The topological polar surface area (TPSA) is 37.3 Å². The van der Waals surface area contributed by atoms with Crippen LogP contribution in [-0.2, 0) is 4.79 Å².